The van der Waals surface area contributed by atoms with E-state index in [-0.39, 0.29) is 0 Å². The van der Waals surface area contributed by atoms with E-state index in [0.29, 0.717) is 5.92 Å². The predicted molar refractivity (Wildman–Crippen MR) is 60.3 cm³/mol. The van der Waals surface area contributed by atoms with Crippen molar-refractivity contribution >= 4 is 11.6 Å². The topological polar surface area (TPSA) is 25.8 Å². The number of halogens is 1. The molecule has 0 radical (unpaired) electrons. The number of hydrogen-bond donors (Lipinski definition) is 0. The van der Waals surface area contributed by atoms with E-state index < -0.39 is 0 Å². The van der Waals surface area contributed by atoms with Gasteiger partial charge in [0.05, 0.1) is 0 Å². The van der Waals surface area contributed by atoms with Crippen molar-refractivity contribution in [3.63, 3.8) is 0 Å². The van der Waals surface area contributed by atoms with Crippen molar-refractivity contribution in [1.29, 1.82) is 0 Å². The molecule has 3 heteroatoms. The quantitative estimate of drug-likeness (QED) is 0.538. The molecule has 1 heterocycles. The molecule has 2 nitrogen and oxygen atoms in total. The predicted octanol–water partition coefficient (Wildman–Crippen LogP) is 3.28. The van der Waals surface area contributed by atoms with Crippen LogP contribution in [-0.4, -0.2) is 9.97 Å². The molecule has 15 heavy (non-hydrogen) atoms. The van der Waals surface area contributed by atoms with Crippen LogP contribution in [0.1, 0.15) is 55.1 Å². The molecule has 0 saturated heterocycles. The standard InChI is InChI=1S/C12H15ClN2/c13-11-9-4-2-1-3-5-10(9)14-12(15-11)8-6-7-8/h8H,1-7H2. The molecule has 0 spiro atoms. The summed E-state index contributed by atoms with van der Waals surface area (Å²) in [4.78, 5) is 9.15. The first kappa shape index (κ1) is 9.59. The first-order valence-corrected chi connectivity index (χ1v) is 6.27. The zero-order valence-corrected chi connectivity index (χ0v) is 9.56. The Morgan fingerprint density at radius 2 is 1.80 bits per heavy atom. The SMILES string of the molecule is Clc1nc(C2CC2)nc2c1CCCCC2. The molecule has 0 aromatic carbocycles. The van der Waals surface area contributed by atoms with Gasteiger partial charge in [-0.15, -0.1) is 0 Å². The summed E-state index contributed by atoms with van der Waals surface area (Å²) in [6, 6.07) is 0. The number of aryl methyl sites for hydroxylation is 1. The number of hydrogen-bond acceptors (Lipinski definition) is 2. The van der Waals surface area contributed by atoms with Gasteiger partial charge in [-0.05, 0) is 38.5 Å². The molecule has 0 N–H and O–H groups in total. The highest BCUT2D eigenvalue weighted by Gasteiger charge is 2.28. The summed E-state index contributed by atoms with van der Waals surface area (Å²) in [6.07, 6.45) is 8.44. The second kappa shape index (κ2) is 3.75. The summed E-state index contributed by atoms with van der Waals surface area (Å²) < 4.78 is 0. The second-order valence-electron chi connectivity index (χ2n) is 4.63. The van der Waals surface area contributed by atoms with Gasteiger partial charge < -0.3 is 0 Å². The molecule has 1 fully saturated rings. The molecule has 3 rings (SSSR count). The van der Waals surface area contributed by atoms with Crippen LogP contribution in [0.15, 0.2) is 0 Å². The molecule has 0 bridgehead atoms. The number of fused-ring (bicyclic) bond motifs is 1. The summed E-state index contributed by atoms with van der Waals surface area (Å²) in [7, 11) is 0. The molecule has 0 amide bonds. The summed E-state index contributed by atoms with van der Waals surface area (Å²) in [5.41, 5.74) is 2.45. The lowest BCUT2D eigenvalue weighted by atomic mass is 10.1. The van der Waals surface area contributed by atoms with Gasteiger partial charge in [0.1, 0.15) is 11.0 Å². The van der Waals surface area contributed by atoms with Gasteiger partial charge in [0.2, 0.25) is 0 Å². The van der Waals surface area contributed by atoms with Crippen LogP contribution in [0.5, 0.6) is 0 Å². The molecule has 0 atom stereocenters. The molecule has 1 aromatic heterocycles. The van der Waals surface area contributed by atoms with Crippen molar-refractivity contribution in [1.82, 2.24) is 9.97 Å². The fraction of sp³-hybridized carbons (Fsp3) is 0.667. The lowest BCUT2D eigenvalue weighted by molar-refractivity contribution is 0.708. The highest BCUT2D eigenvalue weighted by Crippen LogP contribution is 2.39. The molecule has 1 saturated carbocycles. The van der Waals surface area contributed by atoms with Crippen molar-refractivity contribution in [3.05, 3.63) is 22.2 Å². The van der Waals surface area contributed by atoms with Crippen molar-refractivity contribution < 1.29 is 0 Å². The van der Waals surface area contributed by atoms with Crippen LogP contribution in [0.4, 0.5) is 0 Å². The average Bonchev–Trinajstić information content (AvgIpc) is 3.04. The van der Waals surface area contributed by atoms with Crippen LogP contribution in [-0.2, 0) is 12.8 Å². The van der Waals surface area contributed by atoms with Crippen molar-refractivity contribution in [2.75, 3.05) is 0 Å². The Balaban J connectivity index is 2.03. The minimum absolute atomic E-state index is 0.607. The van der Waals surface area contributed by atoms with E-state index in [0.717, 1.165) is 23.8 Å². The molecular weight excluding hydrogens is 208 g/mol. The van der Waals surface area contributed by atoms with Crippen LogP contribution in [0.3, 0.4) is 0 Å². The highest BCUT2D eigenvalue weighted by molar-refractivity contribution is 6.30. The molecule has 80 valence electrons. The fourth-order valence-corrected chi connectivity index (χ4v) is 2.56. The maximum Gasteiger partial charge on any atom is 0.136 e. The maximum absolute atomic E-state index is 6.24. The monoisotopic (exact) mass is 222 g/mol. The molecule has 0 unspecified atom stereocenters. The molecule has 1 aromatic rings. The Labute approximate surface area is 95.1 Å². The van der Waals surface area contributed by atoms with E-state index >= 15 is 0 Å². The van der Waals surface area contributed by atoms with Crippen LogP contribution in [0.2, 0.25) is 5.15 Å². The van der Waals surface area contributed by atoms with Gasteiger partial charge in [0, 0.05) is 17.2 Å². The number of rotatable bonds is 1. The van der Waals surface area contributed by atoms with E-state index in [2.05, 4.69) is 4.98 Å². The van der Waals surface area contributed by atoms with E-state index in [9.17, 15) is 0 Å². The first-order chi connectivity index (χ1) is 7.34. The van der Waals surface area contributed by atoms with Crippen LogP contribution < -0.4 is 0 Å². The molecule has 2 aliphatic rings. The van der Waals surface area contributed by atoms with Gasteiger partial charge in [-0.3, -0.25) is 0 Å². The summed E-state index contributed by atoms with van der Waals surface area (Å²) in [5.74, 6) is 1.61. The fourth-order valence-electron chi connectivity index (χ4n) is 2.27. The number of nitrogens with zero attached hydrogens (tertiary/aromatic N) is 2. The highest BCUT2D eigenvalue weighted by atomic mass is 35.5. The Bertz CT molecular complexity index is 385. The first-order valence-electron chi connectivity index (χ1n) is 5.90. The van der Waals surface area contributed by atoms with Crippen molar-refractivity contribution in [3.8, 4) is 0 Å². The summed E-state index contributed by atoms with van der Waals surface area (Å²) in [5, 5.41) is 0.726. The van der Waals surface area contributed by atoms with Crippen LogP contribution >= 0.6 is 11.6 Å². The smallest absolute Gasteiger partial charge is 0.136 e. The van der Waals surface area contributed by atoms with Crippen LogP contribution in [0.25, 0.3) is 0 Å². The maximum atomic E-state index is 6.24. The summed E-state index contributed by atoms with van der Waals surface area (Å²) >= 11 is 6.24. The van der Waals surface area contributed by atoms with E-state index in [4.69, 9.17) is 16.6 Å². The molecule has 0 aliphatic heterocycles. The Morgan fingerprint density at radius 3 is 2.60 bits per heavy atom. The van der Waals surface area contributed by atoms with Crippen LogP contribution in [0, 0.1) is 0 Å². The normalized spacial score (nSPS) is 20.9. The Kier molecular flexibility index (Phi) is 2.39. The van der Waals surface area contributed by atoms with Gasteiger partial charge in [-0.2, -0.15) is 0 Å². The van der Waals surface area contributed by atoms with E-state index in [1.165, 1.54) is 43.4 Å². The van der Waals surface area contributed by atoms with Crippen molar-refractivity contribution in [2.45, 2.75) is 50.9 Å². The van der Waals surface area contributed by atoms with Gasteiger partial charge >= 0.3 is 0 Å². The second-order valence-corrected chi connectivity index (χ2v) is 4.99. The third kappa shape index (κ3) is 1.87. The largest absolute Gasteiger partial charge is 0.237 e. The third-order valence-corrected chi connectivity index (χ3v) is 3.66. The zero-order chi connectivity index (χ0) is 10.3. The minimum Gasteiger partial charge on any atom is -0.237 e. The zero-order valence-electron chi connectivity index (χ0n) is 8.80. The van der Waals surface area contributed by atoms with Gasteiger partial charge in [-0.25, -0.2) is 9.97 Å². The van der Waals surface area contributed by atoms with E-state index in [1.807, 2.05) is 0 Å². The summed E-state index contributed by atoms with van der Waals surface area (Å²) in [6.45, 7) is 0. The van der Waals surface area contributed by atoms with E-state index in [1.54, 1.807) is 0 Å². The number of aromatic nitrogens is 2. The van der Waals surface area contributed by atoms with Gasteiger partial charge in [-0.1, -0.05) is 18.0 Å². The van der Waals surface area contributed by atoms with Crippen molar-refractivity contribution in [2.24, 2.45) is 0 Å². The third-order valence-electron chi connectivity index (χ3n) is 3.34. The molecular formula is C12H15ClN2. The Hall–Kier alpha value is -0.630. The molecule has 2 aliphatic carbocycles. The van der Waals surface area contributed by atoms with Gasteiger partial charge in [0.15, 0.2) is 0 Å². The lowest BCUT2D eigenvalue weighted by Crippen LogP contribution is -2.03. The Morgan fingerprint density at radius 1 is 1.00 bits per heavy atom. The lowest BCUT2D eigenvalue weighted by Gasteiger charge is -2.08. The minimum atomic E-state index is 0.607. The average molecular weight is 223 g/mol. The van der Waals surface area contributed by atoms with Gasteiger partial charge in [0.25, 0.3) is 0 Å².